The van der Waals surface area contributed by atoms with Gasteiger partial charge in [0.15, 0.2) is 5.78 Å². The van der Waals surface area contributed by atoms with Gasteiger partial charge in [-0.3, -0.25) is 4.79 Å². The molecule has 1 aromatic heterocycles. The van der Waals surface area contributed by atoms with Crippen LogP contribution in [0.1, 0.15) is 15.9 Å². The number of carbonyl (C=O) groups excluding carboxylic acids is 1. The lowest BCUT2D eigenvalue weighted by atomic mass is 10.0. The van der Waals surface area contributed by atoms with E-state index in [1.165, 1.54) is 0 Å². The Labute approximate surface area is 132 Å². The minimum atomic E-state index is 0.0482. The molecule has 2 nitrogen and oxygen atoms in total. The number of rotatable bonds is 2. The number of hydrogen-bond acceptors (Lipinski definition) is 1. The lowest BCUT2D eigenvalue weighted by Gasteiger charge is -2.00. The molecule has 0 amide bonds. The summed E-state index contributed by atoms with van der Waals surface area (Å²) in [5.74, 6) is 0.0482. The fourth-order valence-electron chi connectivity index (χ4n) is 2.07. The summed E-state index contributed by atoms with van der Waals surface area (Å²) in [6, 6.07) is 13.5. The van der Waals surface area contributed by atoms with Crippen molar-refractivity contribution in [3.63, 3.8) is 0 Å². The van der Waals surface area contributed by atoms with E-state index in [-0.39, 0.29) is 5.78 Å². The first-order chi connectivity index (χ1) is 9.15. The van der Waals surface area contributed by atoms with Crippen LogP contribution in [-0.4, -0.2) is 10.8 Å². The van der Waals surface area contributed by atoms with E-state index in [9.17, 15) is 4.79 Å². The van der Waals surface area contributed by atoms with Crippen molar-refractivity contribution in [1.29, 1.82) is 0 Å². The molecule has 1 N–H and O–H groups in total. The number of nitrogens with one attached hydrogen (secondary N) is 1. The Balaban J connectivity index is 2.12. The number of ketones is 1. The molecule has 1 heterocycles. The van der Waals surface area contributed by atoms with Gasteiger partial charge in [-0.1, -0.05) is 34.1 Å². The van der Waals surface area contributed by atoms with E-state index in [4.69, 9.17) is 0 Å². The van der Waals surface area contributed by atoms with E-state index < -0.39 is 0 Å². The number of aromatic nitrogens is 1. The molecular weight excluding hydrogens is 417 g/mol. The first kappa shape index (κ1) is 12.9. The average molecular weight is 426 g/mol. The van der Waals surface area contributed by atoms with Crippen LogP contribution >= 0.6 is 38.5 Å². The Kier molecular flexibility index (Phi) is 3.45. The fourth-order valence-corrected chi connectivity index (χ4v) is 2.98. The second-order valence-corrected chi connectivity index (χ2v) is 6.39. The number of carbonyl (C=O) groups is 1. The summed E-state index contributed by atoms with van der Waals surface area (Å²) in [7, 11) is 0. The largest absolute Gasteiger partial charge is 0.360 e. The van der Waals surface area contributed by atoms with Gasteiger partial charge < -0.3 is 4.98 Å². The van der Waals surface area contributed by atoms with Gasteiger partial charge in [0.1, 0.15) is 0 Å². The average Bonchev–Trinajstić information content (AvgIpc) is 2.80. The van der Waals surface area contributed by atoms with Crippen LogP contribution in [0.4, 0.5) is 0 Å². The molecule has 3 aromatic rings. The maximum atomic E-state index is 12.5. The summed E-state index contributed by atoms with van der Waals surface area (Å²) in [6.45, 7) is 0. The monoisotopic (exact) mass is 425 g/mol. The molecule has 19 heavy (non-hydrogen) atoms. The van der Waals surface area contributed by atoms with Gasteiger partial charge >= 0.3 is 0 Å². The van der Waals surface area contributed by atoms with Gasteiger partial charge in [-0.15, -0.1) is 0 Å². The molecule has 0 atom stereocenters. The van der Waals surface area contributed by atoms with Crippen molar-refractivity contribution in [2.75, 3.05) is 0 Å². The van der Waals surface area contributed by atoms with Crippen LogP contribution in [0.5, 0.6) is 0 Å². The van der Waals surface area contributed by atoms with E-state index in [2.05, 4.69) is 43.5 Å². The molecule has 0 saturated heterocycles. The van der Waals surface area contributed by atoms with Crippen LogP contribution in [-0.2, 0) is 0 Å². The van der Waals surface area contributed by atoms with Crippen molar-refractivity contribution in [3.05, 3.63) is 67.8 Å². The molecule has 0 radical (unpaired) electrons. The first-order valence-corrected chi connectivity index (χ1v) is 7.59. The van der Waals surface area contributed by atoms with E-state index in [1.54, 1.807) is 6.20 Å². The number of fused-ring (bicyclic) bond motifs is 1. The highest BCUT2D eigenvalue weighted by Crippen LogP contribution is 2.24. The molecule has 2 aromatic carbocycles. The SMILES string of the molecule is O=C(c1cccc(I)c1)c1c[nH]c2cc(Br)ccc12. The minimum absolute atomic E-state index is 0.0482. The van der Waals surface area contributed by atoms with Gasteiger partial charge in [-0.2, -0.15) is 0 Å². The number of benzene rings is 2. The molecule has 0 fully saturated rings. The third-order valence-electron chi connectivity index (χ3n) is 2.98. The molecule has 0 aliphatic heterocycles. The van der Waals surface area contributed by atoms with E-state index >= 15 is 0 Å². The highest BCUT2D eigenvalue weighted by molar-refractivity contribution is 14.1. The predicted molar refractivity (Wildman–Crippen MR) is 88.6 cm³/mol. The topological polar surface area (TPSA) is 32.9 Å². The van der Waals surface area contributed by atoms with Gasteiger partial charge in [0.25, 0.3) is 0 Å². The second kappa shape index (κ2) is 5.09. The third-order valence-corrected chi connectivity index (χ3v) is 4.14. The fraction of sp³-hybridized carbons (Fsp3) is 0. The van der Waals surface area contributed by atoms with Gasteiger partial charge in [-0.05, 0) is 46.9 Å². The van der Waals surface area contributed by atoms with Crippen molar-refractivity contribution in [3.8, 4) is 0 Å². The summed E-state index contributed by atoms with van der Waals surface area (Å²) in [5, 5.41) is 0.951. The standard InChI is InChI=1S/C15H9BrINO/c16-10-4-5-12-13(8-18-14(12)7-10)15(19)9-2-1-3-11(17)6-9/h1-8,18H. The van der Waals surface area contributed by atoms with Gasteiger partial charge in [0.2, 0.25) is 0 Å². The maximum absolute atomic E-state index is 12.5. The highest BCUT2D eigenvalue weighted by atomic mass is 127. The Morgan fingerprint density at radius 2 is 2.00 bits per heavy atom. The molecule has 0 aliphatic carbocycles. The van der Waals surface area contributed by atoms with Crippen LogP contribution in [0.25, 0.3) is 10.9 Å². The number of hydrogen-bond donors (Lipinski definition) is 1. The molecule has 3 rings (SSSR count). The first-order valence-electron chi connectivity index (χ1n) is 5.72. The Morgan fingerprint density at radius 1 is 1.16 bits per heavy atom. The molecule has 0 bridgehead atoms. The molecule has 0 spiro atoms. The second-order valence-electron chi connectivity index (χ2n) is 4.23. The zero-order valence-corrected chi connectivity index (χ0v) is 13.5. The van der Waals surface area contributed by atoms with Crippen LogP contribution < -0.4 is 0 Å². The lowest BCUT2D eigenvalue weighted by Crippen LogP contribution is -2.00. The van der Waals surface area contributed by atoms with Crippen molar-refractivity contribution < 1.29 is 4.79 Å². The summed E-state index contributed by atoms with van der Waals surface area (Å²) < 4.78 is 2.06. The summed E-state index contributed by atoms with van der Waals surface area (Å²) >= 11 is 5.64. The van der Waals surface area contributed by atoms with Crippen LogP contribution in [0.3, 0.4) is 0 Å². The molecule has 4 heteroatoms. The highest BCUT2D eigenvalue weighted by Gasteiger charge is 2.14. The molecule has 94 valence electrons. The van der Waals surface area contributed by atoms with Crippen LogP contribution in [0, 0.1) is 3.57 Å². The van der Waals surface area contributed by atoms with Gasteiger partial charge in [0, 0.05) is 36.3 Å². The van der Waals surface area contributed by atoms with Crippen molar-refractivity contribution in [2.24, 2.45) is 0 Å². The van der Waals surface area contributed by atoms with Crippen molar-refractivity contribution >= 4 is 55.2 Å². The smallest absolute Gasteiger partial charge is 0.195 e. The number of H-pyrrole nitrogens is 1. The third kappa shape index (κ3) is 2.47. The number of aromatic amines is 1. The minimum Gasteiger partial charge on any atom is -0.360 e. The zero-order chi connectivity index (χ0) is 13.4. The van der Waals surface area contributed by atoms with Gasteiger partial charge in [0.05, 0.1) is 0 Å². The Bertz CT molecular complexity index is 779. The summed E-state index contributed by atoms with van der Waals surface area (Å²) in [4.78, 5) is 15.7. The molecule has 0 unspecified atom stereocenters. The Morgan fingerprint density at radius 3 is 2.79 bits per heavy atom. The van der Waals surface area contributed by atoms with Gasteiger partial charge in [-0.25, -0.2) is 0 Å². The van der Waals surface area contributed by atoms with Crippen LogP contribution in [0.2, 0.25) is 0 Å². The van der Waals surface area contributed by atoms with E-state index in [0.29, 0.717) is 5.56 Å². The molecular formula is C15H9BrINO. The van der Waals surface area contributed by atoms with Crippen molar-refractivity contribution in [1.82, 2.24) is 4.98 Å². The normalized spacial score (nSPS) is 10.8. The van der Waals surface area contributed by atoms with E-state index in [0.717, 1.165) is 24.5 Å². The lowest BCUT2D eigenvalue weighted by molar-refractivity contribution is 0.104. The summed E-state index contributed by atoms with van der Waals surface area (Å²) in [6.07, 6.45) is 1.78. The van der Waals surface area contributed by atoms with Crippen LogP contribution in [0.15, 0.2) is 53.1 Å². The number of halogens is 2. The molecule has 0 aliphatic rings. The zero-order valence-electron chi connectivity index (χ0n) is 9.78. The molecule has 0 saturated carbocycles. The quantitative estimate of drug-likeness (QED) is 0.465. The maximum Gasteiger partial charge on any atom is 0.195 e. The van der Waals surface area contributed by atoms with Crippen molar-refractivity contribution in [2.45, 2.75) is 0 Å². The Hall–Kier alpha value is -1.14. The summed E-state index contributed by atoms with van der Waals surface area (Å²) in [5.41, 5.74) is 2.39. The van der Waals surface area contributed by atoms with E-state index in [1.807, 2.05) is 42.5 Å². The predicted octanol–water partition coefficient (Wildman–Crippen LogP) is 4.77.